The van der Waals surface area contributed by atoms with Crippen LogP contribution in [-0.2, 0) is 24.7 Å². The molecule has 0 radical (unpaired) electrons. The number of carbonyl (C=O) groups is 2. The number of hydrogen-bond acceptors (Lipinski definition) is 7. The average molecular weight is 435 g/mol. The molecule has 0 unspecified atom stereocenters. The summed E-state index contributed by atoms with van der Waals surface area (Å²) in [5.74, 6) is -0.789. The lowest BCUT2D eigenvalue weighted by Gasteiger charge is -2.11. The zero-order chi connectivity index (χ0) is 19.8. The lowest BCUT2D eigenvalue weighted by atomic mass is 9.97. The van der Waals surface area contributed by atoms with Gasteiger partial charge in [-0.25, -0.2) is 4.98 Å². The number of hydrogen-bond donors (Lipinski definition) is 2. The lowest BCUT2D eigenvalue weighted by molar-refractivity contribution is -0.113. The molecule has 7 nitrogen and oxygen atoms in total. The number of thiophene rings is 2. The largest absolute Gasteiger partial charge is 0.366 e. The van der Waals surface area contributed by atoms with Gasteiger partial charge in [0.05, 0.1) is 16.7 Å². The van der Waals surface area contributed by atoms with E-state index in [1.54, 1.807) is 29.8 Å². The fourth-order valence-corrected chi connectivity index (χ4v) is 6.17. The summed E-state index contributed by atoms with van der Waals surface area (Å²) in [5, 5.41) is 6.07. The zero-order valence-corrected chi connectivity index (χ0v) is 17.6. The third kappa shape index (κ3) is 3.47. The van der Waals surface area contributed by atoms with E-state index in [9.17, 15) is 14.4 Å². The van der Waals surface area contributed by atoms with Gasteiger partial charge >= 0.3 is 0 Å². The van der Waals surface area contributed by atoms with Crippen molar-refractivity contribution in [2.75, 3.05) is 11.1 Å². The Balaban J connectivity index is 1.54. The van der Waals surface area contributed by atoms with Crippen LogP contribution in [0.5, 0.6) is 0 Å². The number of carbonyl (C=O) groups excluding carboxylic acids is 2. The SMILES string of the molecule is Cn1c(SCC(=O)Nc2sccc2C(N)=O)nc2sc3c(c2c1=O)CCCC3. The number of nitrogens with zero attached hydrogens (tertiary/aromatic N) is 2. The number of aromatic nitrogens is 2. The first kappa shape index (κ1) is 19.2. The predicted octanol–water partition coefficient (Wildman–Crippen LogP) is 2.77. The molecule has 0 aromatic carbocycles. The number of nitrogens with one attached hydrogen (secondary N) is 1. The highest BCUT2D eigenvalue weighted by molar-refractivity contribution is 7.99. The van der Waals surface area contributed by atoms with Gasteiger partial charge in [-0.3, -0.25) is 19.0 Å². The molecule has 0 saturated carbocycles. The smallest absolute Gasteiger partial charge is 0.262 e. The molecule has 0 spiro atoms. The Morgan fingerprint density at radius 2 is 2.14 bits per heavy atom. The molecule has 0 atom stereocenters. The van der Waals surface area contributed by atoms with Crippen molar-refractivity contribution in [2.24, 2.45) is 12.8 Å². The standard InChI is InChI=1S/C18H18N4O3S3/c1-22-17(25)13-9-4-2-3-5-11(9)28-16(13)21-18(22)27-8-12(23)20-15-10(14(19)24)6-7-26-15/h6-7H,2-5,8H2,1H3,(H2,19,24)(H,20,23). The van der Waals surface area contributed by atoms with E-state index in [4.69, 9.17) is 5.73 Å². The van der Waals surface area contributed by atoms with Crippen molar-refractivity contribution in [2.45, 2.75) is 30.8 Å². The maximum atomic E-state index is 12.9. The van der Waals surface area contributed by atoms with Crippen LogP contribution in [0.3, 0.4) is 0 Å². The molecule has 3 aromatic rings. The van der Waals surface area contributed by atoms with Gasteiger partial charge in [-0.15, -0.1) is 22.7 Å². The quantitative estimate of drug-likeness (QED) is 0.474. The van der Waals surface area contributed by atoms with E-state index in [-0.39, 0.29) is 17.2 Å². The number of aryl methyl sites for hydroxylation is 2. The summed E-state index contributed by atoms with van der Waals surface area (Å²) in [5.41, 5.74) is 6.69. The number of rotatable bonds is 5. The summed E-state index contributed by atoms with van der Waals surface area (Å²) in [6.07, 6.45) is 4.20. The van der Waals surface area contributed by atoms with E-state index in [2.05, 4.69) is 10.3 Å². The molecule has 3 heterocycles. The maximum absolute atomic E-state index is 12.9. The molecule has 3 N–H and O–H groups in total. The first-order valence-corrected chi connectivity index (χ1v) is 11.4. The predicted molar refractivity (Wildman–Crippen MR) is 114 cm³/mol. The van der Waals surface area contributed by atoms with Crippen LogP contribution in [0.2, 0.25) is 0 Å². The van der Waals surface area contributed by atoms with E-state index in [1.165, 1.54) is 32.5 Å². The fraction of sp³-hybridized carbons (Fsp3) is 0.333. The Morgan fingerprint density at radius 3 is 2.93 bits per heavy atom. The fourth-order valence-electron chi connectivity index (χ4n) is 3.29. The number of fused-ring (bicyclic) bond motifs is 3. The summed E-state index contributed by atoms with van der Waals surface area (Å²) in [4.78, 5) is 43.2. The van der Waals surface area contributed by atoms with Crippen LogP contribution in [-0.4, -0.2) is 27.1 Å². The van der Waals surface area contributed by atoms with E-state index >= 15 is 0 Å². The summed E-state index contributed by atoms with van der Waals surface area (Å²) in [6.45, 7) is 0. The Morgan fingerprint density at radius 1 is 1.36 bits per heavy atom. The average Bonchev–Trinajstić information content (AvgIpc) is 3.27. The van der Waals surface area contributed by atoms with E-state index < -0.39 is 5.91 Å². The maximum Gasteiger partial charge on any atom is 0.262 e. The van der Waals surface area contributed by atoms with Crippen LogP contribution in [0.4, 0.5) is 5.00 Å². The Kier molecular flexibility index (Phi) is 5.26. The van der Waals surface area contributed by atoms with Crippen molar-refractivity contribution in [1.29, 1.82) is 0 Å². The summed E-state index contributed by atoms with van der Waals surface area (Å²) >= 11 is 4.03. The van der Waals surface area contributed by atoms with E-state index in [0.29, 0.717) is 15.7 Å². The van der Waals surface area contributed by atoms with Crippen LogP contribution in [0.25, 0.3) is 10.2 Å². The van der Waals surface area contributed by atoms with Gasteiger partial charge in [-0.2, -0.15) is 0 Å². The van der Waals surface area contributed by atoms with Crippen LogP contribution >= 0.6 is 34.4 Å². The first-order chi connectivity index (χ1) is 13.5. The normalized spacial score (nSPS) is 13.5. The van der Waals surface area contributed by atoms with E-state index in [1.807, 2.05) is 0 Å². The van der Waals surface area contributed by atoms with Crippen molar-refractivity contribution >= 4 is 61.5 Å². The van der Waals surface area contributed by atoms with Crippen LogP contribution in [0.1, 0.15) is 33.6 Å². The van der Waals surface area contributed by atoms with Gasteiger partial charge in [-0.05, 0) is 42.7 Å². The van der Waals surface area contributed by atoms with Crippen molar-refractivity contribution in [3.63, 3.8) is 0 Å². The third-order valence-corrected chi connectivity index (χ3v) is 7.72. The molecular formula is C18H18N4O3S3. The van der Waals surface area contributed by atoms with Crippen LogP contribution in [0.15, 0.2) is 21.4 Å². The number of primary amides is 1. The number of nitrogens with two attached hydrogens (primary N) is 1. The van der Waals surface area contributed by atoms with Gasteiger partial charge in [0, 0.05) is 11.9 Å². The number of thioether (sulfide) groups is 1. The summed E-state index contributed by atoms with van der Waals surface area (Å²) < 4.78 is 1.52. The molecule has 0 fully saturated rings. The highest BCUT2D eigenvalue weighted by Gasteiger charge is 2.21. The second kappa shape index (κ2) is 7.69. The van der Waals surface area contributed by atoms with Crippen molar-refractivity contribution in [3.8, 4) is 0 Å². The molecule has 10 heteroatoms. The second-order valence-corrected chi connectivity index (χ2v) is 9.46. The molecule has 2 amide bonds. The lowest BCUT2D eigenvalue weighted by Crippen LogP contribution is -2.22. The van der Waals surface area contributed by atoms with Gasteiger partial charge in [-0.1, -0.05) is 11.8 Å². The minimum Gasteiger partial charge on any atom is -0.366 e. The van der Waals surface area contributed by atoms with Crippen molar-refractivity contribution in [1.82, 2.24) is 9.55 Å². The monoisotopic (exact) mass is 434 g/mol. The summed E-state index contributed by atoms with van der Waals surface area (Å²) in [7, 11) is 1.69. The highest BCUT2D eigenvalue weighted by atomic mass is 32.2. The van der Waals surface area contributed by atoms with Gasteiger partial charge in [0.15, 0.2) is 5.16 Å². The Bertz CT molecular complexity index is 1150. The molecule has 1 aliphatic carbocycles. The topological polar surface area (TPSA) is 107 Å². The summed E-state index contributed by atoms with van der Waals surface area (Å²) in [6, 6.07) is 1.58. The second-order valence-electron chi connectivity index (χ2n) is 6.51. The van der Waals surface area contributed by atoms with Gasteiger partial charge in [0.2, 0.25) is 5.91 Å². The number of anilines is 1. The molecule has 3 aromatic heterocycles. The molecule has 4 rings (SSSR count). The molecule has 0 saturated heterocycles. The van der Waals surface area contributed by atoms with Gasteiger partial charge in [0.25, 0.3) is 11.5 Å². The Labute approximate surface area is 173 Å². The van der Waals surface area contributed by atoms with Gasteiger partial charge in [0.1, 0.15) is 9.83 Å². The highest BCUT2D eigenvalue weighted by Crippen LogP contribution is 2.34. The van der Waals surface area contributed by atoms with Crippen LogP contribution < -0.4 is 16.6 Å². The third-order valence-electron chi connectivity index (χ3n) is 4.67. The molecule has 0 aliphatic heterocycles. The van der Waals surface area contributed by atoms with E-state index in [0.717, 1.165) is 41.5 Å². The first-order valence-electron chi connectivity index (χ1n) is 8.77. The van der Waals surface area contributed by atoms with Gasteiger partial charge < -0.3 is 11.1 Å². The number of amides is 2. The Hall–Kier alpha value is -2.17. The van der Waals surface area contributed by atoms with Crippen molar-refractivity contribution in [3.05, 3.63) is 37.8 Å². The minimum atomic E-state index is -0.583. The minimum absolute atomic E-state index is 0.0541. The van der Waals surface area contributed by atoms with Crippen molar-refractivity contribution < 1.29 is 9.59 Å². The molecule has 0 bridgehead atoms. The zero-order valence-electron chi connectivity index (χ0n) is 15.1. The molecule has 146 valence electrons. The molecule has 1 aliphatic rings. The molecular weight excluding hydrogens is 416 g/mol. The molecule has 28 heavy (non-hydrogen) atoms. The van der Waals surface area contributed by atoms with Crippen LogP contribution in [0, 0.1) is 0 Å².